The van der Waals surface area contributed by atoms with Gasteiger partial charge in [0.05, 0.1) is 5.92 Å². The summed E-state index contributed by atoms with van der Waals surface area (Å²) in [5.41, 5.74) is 0. The average Bonchev–Trinajstić information content (AvgIpc) is 2.49. The number of halogens is 2. The van der Waals surface area contributed by atoms with Gasteiger partial charge in [0.1, 0.15) is 0 Å². The van der Waals surface area contributed by atoms with E-state index in [-0.39, 0.29) is 30.7 Å². The van der Waals surface area contributed by atoms with Crippen LogP contribution < -0.4 is 0 Å². The number of carboxylic acids is 1. The molecule has 2 fully saturated rings. The second kappa shape index (κ2) is 11.5. The molecule has 0 aromatic rings. The van der Waals surface area contributed by atoms with Crippen LogP contribution in [0, 0.1) is 11.8 Å². The molecule has 0 amide bonds. The van der Waals surface area contributed by atoms with Crippen LogP contribution in [0.4, 0.5) is 0 Å². The van der Waals surface area contributed by atoms with Gasteiger partial charge in [-0.2, -0.15) is 0 Å². The van der Waals surface area contributed by atoms with E-state index >= 15 is 0 Å². The fourth-order valence-corrected chi connectivity index (χ4v) is 4.12. The predicted octanol–water partition coefficient (Wildman–Crippen LogP) is 4.77. The summed E-state index contributed by atoms with van der Waals surface area (Å²) in [5.74, 6) is -0.239. The molecule has 22 heavy (non-hydrogen) atoms. The number of aliphatic carboxylic acids is 1. The highest BCUT2D eigenvalue weighted by molar-refractivity contribution is 5.85. The van der Waals surface area contributed by atoms with Crippen molar-refractivity contribution < 1.29 is 9.90 Å². The van der Waals surface area contributed by atoms with Crippen LogP contribution in [0.3, 0.4) is 0 Å². The fraction of sp³-hybridized carbons (Fsp3) is 0.941. The molecule has 1 saturated carbocycles. The molecule has 2 rings (SSSR count). The number of rotatable bonds is 6. The third-order valence-electron chi connectivity index (χ3n) is 5.42. The molecule has 1 saturated heterocycles. The van der Waals surface area contributed by atoms with Crippen molar-refractivity contribution in [2.45, 2.75) is 77.2 Å². The quantitative estimate of drug-likeness (QED) is 0.747. The molecule has 0 spiro atoms. The minimum atomic E-state index is -0.561. The molecule has 1 aliphatic carbocycles. The van der Waals surface area contributed by atoms with Crippen LogP contribution in [0.25, 0.3) is 0 Å². The van der Waals surface area contributed by atoms with Gasteiger partial charge in [-0.1, -0.05) is 39.0 Å². The summed E-state index contributed by atoms with van der Waals surface area (Å²) in [4.78, 5) is 14.1. The SMILES string of the molecule is CCCCC(C(=O)O)C1CCN(C2CCCCC2)CC1.Cl.Cl. The number of carboxylic acid groups (broad SMARTS) is 1. The van der Waals surface area contributed by atoms with E-state index in [1.807, 2.05) is 0 Å². The number of hydrogen-bond donors (Lipinski definition) is 1. The van der Waals surface area contributed by atoms with Gasteiger partial charge in [-0.15, -0.1) is 24.8 Å². The predicted molar refractivity (Wildman–Crippen MR) is 96.3 cm³/mol. The molecular formula is C17H33Cl2NO2. The fourth-order valence-electron chi connectivity index (χ4n) is 4.12. The van der Waals surface area contributed by atoms with E-state index < -0.39 is 5.97 Å². The summed E-state index contributed by atoms with van der Waals surface area (Å²) in [7, 11) is 0. The van der Waals surface area contributed by atoms with Crippen molar-refractivity contribution in [1.29, 1.82) is 0 Å². The lowest BCUT2D eigenvalue weighted by atomic mass is 9.80. The van der Waals surface area contributed by atoms with Gasteiger partial charge < -0.3 is 10.0 Å². The van der Waals surface area contributed by atoms with E-state index in [1.54, 1.807) is 0 Å². The van der Waals surface area contributed by atoms with Gasteiger partial charge in [-0.05, 0) is 51.1 Å². The Kier molecular flexibility index (Phi) is 11.5. The first-order valence-electron chi connectivity index (χ1n) is 8.69. The Bertz CT molecular complexity index is 301. The van der Waals surface area contributed by atoms with Gasteiger partial charge in [-0.3, -0.25) is 4.79 Å². The summed E-state index contributed by atoms with van der Waals surface area (Å²) in [6.07, 6.45) is 12.1. The number of piperidine rings is 1. The molecule has 0 aromatic heterocycles. The summed E-state index contributed by atoms with van der Waals surface area (Å²) in [6, 6.07) is 0.795. The largest absolute Gasteiger partial charge is 0.481 e. The minimum absolute atomic E-state index is 0. The minimum Gasteiger partial charge on any atom is -0.481 e. The maximum atomic E-state index is 11.5. The van der Waals surface area contributed by atoms with Crippen molar-refractivity contribution in [3.05, 3.63) is 0 Å². The Hall–Kier alpha value is 0.01000. The topological polar surface area (TPSA) is 40.5 Å². The Morgan fingerprint density at radius 2 is 1.68 bits per heavy atom. The van der Waals surface area contributed by atoms with E-state index in [1.165, 1.54) is 32.1 Å². The zero-order valence-electron chi connectivity index (χ0n) is 13.8. The Morgan fingerprint density at radius 1 is 1.09 bits per heavy atom. The number of likely N-dealkylation sites (tertiary alicyclic amines) is 1. The monoisotopic (exact) mass is 353 g/mol. The Balaban J connectivity index is 0.00000220. The molecular weight excluding hydrogens is 321 g/mol. The third kappa shape index (κ3) is 6.25. The number of unbranched alkanes of at least 4 members (excludes halogenated alkanes) is 1. The number of hydrogen-bond acceptors (Lipinski definition) is 2. The van der Waals surface area contributed by atoms with Crippen LogP contribution in [0.1, 0.15) is 71.1 Å². The van der Waals surface area contributed by atoms with Crippen LogP contribution in [-0.4, -0.2) is 35.1 Å². The van der Waals surface area contributed by atoms with E-state index in [2.05, 4.69) is 11.8 Å². The molecule has 1 atom stereocenters. The van der Waals surface area contributed by atoms with Gasteiger partial charge in [0, 0.05) is 6.04 Å². The molecule has 1 unspecified atom stereocenters. The highest BCUT2D eigenvalue weighted by atomic mass is 35.5. The molecule has 132 valence electrons. The van der Waals surface area contributed by atoms with Crippen LogP contribution in [0.15, 0.2) is 0 Å². The lowest BCUT2D eigenvalue weighted by Gasteiger charge is -2.40. The Morgan fingerprint density at radius 3 is 2.18 bits per heavy atom. The van der Waals surface area contributed by atoms with Crippen LogP contribution in [0.2, 0.25) is 0 Å². The molecule has 1 aliphatic heterocycles. The zero-order chi connectivity index (χ0) is 14.4. The highest BCUT2D eigenvalue weighted by Crippen LogP contribution is 2.32. The van der Waals surface area contributed by atoms with Crippen LogP contribution in [0.5, 0.6) is 0 Å². The molecule has 1 N–H and O–H groups in total. The summed E-state index contributed by atoms with van der Waals surface area (Å²) >= 11 is 0. The van der Waals surface area contributed by atoms with Gasteiger partial charge in [0.15, 0.2) is 0 Å². The summed E-state index contributed by atoms with van der Waals surface area (Å²) < 4.78 is 0. The first-order valence-corrected chi connectivity index (χ1v) is 8.69. The molecule has 2 aliphatic rings. The lowest BCUT2D eigenvalue weighted by molar-refractivity contribution is -0.144. The van der Waals surface area contributed by atoms with Crippen molar-refractivity contribution >= 4 is 30.8 Å². The van der Waals surface area contributed by atoms with Crippen molar-refractivity contribution in [3.63, 3.8) is 0 Å². The van der Waals surface area contributed by atoms with E-state index in [9.17, 15) is 9.90 Å². The van der Waals surface area contributed by atoms with Crippen molar-refractivity contribution in [2.24, 2.45) is 11.8 Å². The van der Waals surface area contributed by atoms with Gasteiger partial charge in [0.2, 0.25) is 0 Å². The Labute approximate surface area is 148 Å². The molecule has 0 radical (unpaired) electrons. The number of nitrogens with zero attached hydrogens (tertiary/aromatic N) is 1. The lowest BCUT2D eigenvalue weighted by Crippen LogP contribution is -2.44. The molecule has 0 aromatic carbocycles. The van der Waals surface area contributed by atoms with Crippen LogP contribution in [-0.2, 0) is 4.79 Å². The van der Waals surface area contributed by atoms with Crippen molar-refractivity contribution in [2.75, 3.05) is 13.1 Å². The molecule has 1 heterocycles. The van der Waals surface area contributed by atoms with Crippen molar-refractivity contribution in [1.82, 2.24) is 4.90 Å². The van der Waals surface area contributed by atoms with E-state index in [0.29, 0.717) is 5.92 Å². The van der Waals surface area contributed by atoms with Crippen molar-refractivity contribution in [3.8, 4) is 0 Å². The maximum Gasteiger partial charge on any atom is 0.306 e. The average molecular weight is 354 g/mol. The summed E-state index contributed by atoms with van der Waals surface area (Å²) in [6.45, 7) is 4.40. The second-order valence-corrected chi connectivity index (χ2v) is 6.75. The van der Waals surface area contributed by atoms with E-state index in [0.717, 1.165) is 51.2 Å². The third-order valence-corrected chi connectivity index (χ3v) is 5.42. The summed E-state index contributed by atoms with van der Waals surface area (Å²) in [5, 5.41) is 9.45. The van der Waals surface area contributed by atoms with E-state index in [4.69, 9.17) is 0 Å². The highest BCUT2D eigenvalue weighted by Gasteiger charge is 2.32. The zero-order valence-corrected chi connectivity index (χ0v) is 15.5. The van der Waals surface area contributed by atoms with Crippen LogP contribution >= 0.6 is 24.8 Å². The molecule has 5 heteroatoms. The van der Waals surface area contributed by atoms with Gasteiger partial charge >= 0.3 is 5.97 Å². The first-order chi connectivity index (χ1) is 9.72. The first kappa shape index (κ1) is 22.0. The molecule has 0 bridgehead atoms. The van der Waals surface area contributed by atoms with Gasteiger partial charge in [-0.25, -0.2) is 0 Å². The molecule has 3 nitrogen and oxygen atoms in total. The van der Waals surface area contributed by atoms with Gasteiger partial charge in [0.25, 0.3) is 0 Å². The standard InChI is InChI=1S/C17H31NO2.2ClH/c1-2-3-9-16(17(19)20)14-10-12-18(13-11-14)15-7-5-4-6-8-15;;/h14-16H,2-13H2,1H3,(H,19,20);2*1H. The smallest absolute Gasteiger partial charge is 0.306 e. The second-order valence-electron chi connectivity index (χ2n) is 6.75. The maximum absolute atomic E-state index is 11.5. The normalized spacial score (nSPS) is 22.4. The number of carbonyl (C=O) groups is 1.